The van der Waals surface area contributed by atoms with Crippen LogP contribution < -0.4 is 0 Å². The number of hydrogen-bond acceptors (Lipinski definition) is 5. The average Bonchev–Trinajstić information content (AvgIpc) is 2.32. The molecule has 58 valence electrons. The van der Waals surface area contributed by atoms with E-state index in [2.05, 4.69) is 9.68 Å². The molecule has 0 spiro atoms. The van der Waals surface area contributed by atoms with Crippen LogP contribution in [0.4, 0.5) is 5.69 Å². The minimum atomic E-state index is -0.715. The Labute approximate surface area is 60.9 Å². The van der Waals surface area contributed by atoms with Gasteiger partial charge in [-0.05, 0) is 0 Å². The lowest BCUT2D eigenvalue weighted by Crippen LogP contribution is -1.95. The summed E-state index contributed by atoms with van der Waals surface area (Å²) in [5.74, 6) is -0.816. The third-order valence-corrected chi connectivity index (χ3v) is 1.07. The van der Waals surface area contributed by atoms with Gasteiger partial charge >= 0.3 is 5.69 Å². The second kappa shape index (κ2) is 2.49. The van der Waals surface area contributed by atoms with E-state index in [-0.39, 0.29) is 5.76 Å². The third-order valence-electron chi connectivity index (χ3n) is 1.07. The first kappa shape index (κ1) is 7.39. The van der Waals surface area contributed by atoms with E-state index >= 15 is 0 Å². The number of nitro groups is 1. The third kappa shape index (κ3) is 1.23. The molecule has 1 aromatic heterocycles. The molecular weight excluding hydrogens is 152 g/mol. The molecule has 6 heteroatoms. The first-order valence-corrected chi connectivity index (χ1v) is 2.73. The fraction of sp³-hybridized carbons (Fsp3) is 0.200. The van der Waals surface area contributed by atoms with E-state index < -0.39 is 16.4 Å². The first-order chi connectivity index (χ1) is 5.13. The number of aromatic nitrogens is 1. The van der Waals surface area contributed by atoms with Crippen LogP contribution in [0.5, 0.6) is 0 Å². The number of Topliss-reactive ketones (excluding diaryl/α,β-unsaturated/α-hetero) is 1. The van der Waals surface area contributed by atoms with Gasteiger partial charge in [-0.3, -0.25) is 14.9 Å². The van der Waals surface area contributed by atoms with Crippen molar-refractivity contribution in [3.05, 3.63) is 22.1 Å². The highest BCUT2D eigenvalue weighted by Gasteiger charge is 2.22. The normalized spacial score (nSPS) is 9.55. The Balaban J connectivity index is 3.16. The molecule has 0 N–H and O–H groups in total. The summed E-state index contributed by atoms with van der Waals surface area (Å²) >= 11 is 0. The molecule has 0 radical (unpaired) electrons. The molecule has 0 saturated carbocycles. The van der Waals surface area contributed by atoms with Crippen LogP contribution in [0, 0.1) is 10.1 Å². The summed E-state index contributed by atoms with van der Waals surface area (Å²) in [6.07, 6.45) is 0.900. The molecule has 0 unspecified atom stereocenters. The van der Waals surface area contributed by atoms with Crippen molar-refractivity contribution in [2.75, 3.05) is 0 Å². The molecule has 0 bridgehead atoms. The molecule has 0 aliphatic rings. The Kier molecular flexibility index (Phi) is 1.67. The fourth-order valence-electron chi connectivity index (χ4n) is 0.609. The highest BCUT2D eigenvalue weighted by atomic mass is 16.6. The van der Waals surface area contributed by atoms with E-state index in [1.165, 1.54) is 6.92 Å². The van der Waals surface area contributed by atoms with Crippen LogP contribution in [0.3, 0.4) is 0 Å². The second-order valence-electron chi connectivity index (χ2n) is 1.85. The van der Waals surface area contributed by atoms with Crippen LogP contribution in [0.2, 0.25) is 0 Å². The summed E-state index contributed by atoms with van der Waals surface area (Å²) in [7, 11) is 0. The van der Waals surface area contributed by atoms with E-state index in [1.54, 1.807) is 0 Å². The molecular formula is C5H4N2O4. The van der Waals surface area contributed by atoms with Gasteiger partial charge in [0.1, 0.15) is 6.20 Å². The van der Waals surface area contributed by atoms with Gasteiger partial charge in [0.2, 0.25) is 5.78 Å². The number of hydrogen-bond donors (Lipinski definition) is 0. The minimum absolute atomic E-state index is 0.310. The van der Waals surface area contributed by atoms with Crippen molar-refractivity contribution in [1.29, 1.82) is 0 Å². The molecule has 1 heterocycles. The Morgan fingerprint density at radius 2 is 2.45 bits per heavy atom. The van der Waals surface area contributed by atoms with Crippen molar-refractivity contribution in [2.45, 2.75) is 6.92 Å². The lowest BCUT2D eigenvalue weighted by atomic mass is 10.3. The largest absolute Gasteiger partial charge is 0.345 e. The average molecular weight is 156 g/mol. The molecule has 6 nitrogen and oxygen atoms in total. The number of rotatable bonds is 2. The highest BCUT2D eigenvalue weighted by Crippen LogP contribution is 2.16. The van der Waals surface area contributed by atoms with Gasteiger partial charge in [-0.25, -0.2) is 0 Å². The van der Waals surface area contributed by atoms with E-state index in [0.717, 1.165) is 6.20 Å². The molecule has 0 atom stereocenters. The summed E-state index contributed by atoms with van der Waals surface area (Å²) in [6, 6.07) is 0. The zero-order chi connectivity index (χ0) is 8.43. The van der Waals surface area contributed by atoms with Crippen LogP contribution in [0.25, 0.3) is 0 Å². The Hall–Kier alpha value is -1.72. The van der Waals surface area contributed by atoms with Crippen molar-refractivity contribution in [3.63, 3.8) is 0 Å². The maximum atomic E-state index is 10.6. The number of carbonyl (C=O) groups is 1. The molecule has 0 fully saturated rings. The van der Waals surface area contributed by atoms with Gasteiger partial charge in [0, 0.05) is 6.92 Å². The van der Waals surface area contributed by atoms with Crippen molar-refractivity contribution in [3.8, 4) is 0 Å². The lowest BCUT2D eigenvalue weighted by Gasteiger charge is -1.84. The predicted octanol–water partition coefficient (Wildman–Crippen LogP) is 0.785. The van der Waals surface area contributed by atoms with Gasteiger partial charge in [-0.2, -0.15) is 0 Å². The van der Waals surface area contributed by atoms with Crippen LogP contribution in [-0.4, -0.2) is 15.9 Å². The molecule has 0 aliphatic heterocycles. The maximum Gasteiger partial charge on any atom is 0.339 e. The van der Waals surface area contributed by atoms with E-state index in [9.17, 15) is 14.9 Å². The van der Waals surface area contributed by atoms with Crippen LogP contribution >= 0.6 is 0 Å². The summed E-state index contributed by atoms with van der Waals surface area (Å²) in [6.45, 7) is 1.17. The Bertz CT molecular complexity index is 275. The molecule has 11 heavy (non-hydrogen) atoms. The number of ketones is 1. The number of carbonyl (C=O) groups excluding carboxylic acids is 1. The van der Waals surface area contributed by atoms with Gasteiger partial charge in [-0.1, -0.05) is 5.16 Å². The van der Waals surface area contributed by atoms with Gasteiger partial charge in [-0.15, -0.1) is 0 Å². The van der Waals surface area contributed by atoms with E-state index in [1.807, 2.05) is 0 Å². The standard InChI is InChI=1S/C5H4N2O4/c1-3(8)5-4(7(9)10)2-6-11-5/h2H,1H3. The Morgan fingerprint density at radius 3 is 2.82 bits per heavy atom. The van der Waals surface area contributed by atoms with Crippen LogP contribution in [0.15, 0.2) is 10.7 Å². The minimum Gasteiger partial charge on any atom is -0.345 e. The fourth-order valence-corrected chi connectivity index (χ4v) is 0.609. The SMILES string of the molecule is CC(=O)c1oncc1[N+](=O)[O-]. The predicted molar refractivity (Wildman–Crippen MR) is 33.2 cm³/mol. The first-order valence-electron chi connectivity index (χ1n) is 2.73. The molecule has 1 aromatic rings. The van der Waals surface area contributed by atoms with Gasteiger partial charge in [0.15, 0.2) is 0 Å². The smallest absolute Gasteiger partial charge is 0.339 e. The molecule has 0 amide bonds. The monoisotopic (exact) mass is 156 g/mol. The van der Waals surface area contributed by atoms with Crippen molar-refractivity contribution in [1.82, 2.24) is 5.16 Å². The van der Waals surface area contributed by atoms with Crippen molar-refractivity contribution in [2.24, 2.45) is 0 Å². The topological polar surface area (TPSA) is 86.2 Å². The van der Waals surface area contributed by atoms with Gasteiger partial charge in [0.05, 0.1) is 4.92 Å². The quantitative estimate of drug-likeness (QED) is 0.358. The summed E-state index contributed by atoms with van der Waals surface area (Å²) in [5, 5.41) is 13.3. The van der Waals surface area contributed by atoms with Crippen LogP contribution in [0.1, 0.15) is 17.5 Å². The van der Waals surface area contributed by atoms with E-state index in [0.29, 0.717) is 0 Å². The van der Waals surface area contributed by atoms with Gasteiger partial charge in [0.25, 0.3) is 5.76 Å². The van der Waals surface area contributed by atoms with Crippen LogP contribution in [-0.2, 0) is 0 Å². The van der Waals surface area contributed by atoms with Crippen molar-refractivity contribution >= 4 is 11.5 Å². The zero-order valence-corrected chi connectivity index (χ0v) is 5.60. The summed E-state index contributed by atoms with van der Waals surface area (Å²) < 4.78 is 4.35. The summed E-state index contributed by atoms with van der Waals surface area (Å²) in [5.41, 5.74) is -0.391. The number of nitrogens with zero attached hydrogens (tertiary/aromatic N) is 2. The second-order valence-corrected chi connectivity index (χ2v) is 1.85. The zero-order valence-electron chi connectivity index (χ0n) is 5.60. The lowest BCUT2D eigenvalue weighted by molar-refractivity contribution is -0.385. The molecule has 0 aliphatic carbocycles. The maximum absolute atomic E-state index is 10.6. The van der Waals surface area contributed by atoms with Crippen molar-refractivity contribution < 1.29 is 14.2 Å². The molecule has 0 aromatic carbocycles. The highest BCUT2D eigenvalue weighted by molar-refractivity contribution is 5.94. The molecule has 0 saturated heterocycles. The van der Waals surface area contributed by atoms with E-state index in [4.69, 9.17) is 0 Å². The summed E-state index contributed by atoms with van der Waals surface area (Å²) in [4.78, 5) is 20.0. The Morgan fingerprint density at radius 1 is 1.82 bits per heavy atom. The molecule has 1 rings (SSSR count). The van der Waals surface area contributed by atoms with Gasteiger partial charge < -0.3 is 4.52 Å².